The molecule has 1 amide bonds. The number of para-hydroxylation sites is 2. The third-order valence-electron chi connectivity index (χ3n) is 5.25. The summed E-state index contributed by atoms with van der Waals surface area (Å²) in [6.07, 6.45) is 1.71. The number of nitrogens with one attached hydrogen (secondary N) is 2. The van der Waals surface area contributed by atoms with Crippen molar-refractivity contribution in [1.82, 2.24) is 9.97 Å². The van der Waals surface area contributed by atoms with Gasteiger partial charge in [0.05, 0.1) is 36.5 Å². The predicted octanol–water partition coefficient (Wildman–Crippen LogP) is 4.97. The van der Waals surface area contributed by atoms with E-state index in [0.29, 0.717) is 34.3 Å². The van der Waals surface area contributed by atoms with Crippen molar-refractivity contribution in [3.05, 3.63) is 77.6 Å². The fraction of sp³-hybridized carbons (Fsp3) is 0.148. The highest BCUT2D eigenvalue weighted by atomic mass is 16.5. The molecule has 0 spiro atoms. The Morgan fingerprint density at radius 1 is 1.06 bits per heavy atom. The molecule has 0 unspecified atom stereocenters. The van der Waals surface area contributed by atoms with Crippen LogP contribution in [0.25, 0.3) is 22.7 Å². The lowest BCUT2D eigenvalue weighted by molar-refractivity contribution is -0.118. The molecular weight excluding hydrogens is 444 g/mol. The molecule has 1 aromatic heterocycles. The van der Waals surface area contributed by atoms with E-state index in [9.17, 15) is 10.1 Å². The summed E-state index contributed by atoms with van der Waals surface area (Å²) in [5.74, 6) is 1.54. The summed E-state index contributed by atoms with van der Waals surface area (Å²) in [7, 11) is 3.06. The molecule has 4 rings (SSSR count). The van der Waals surface area contributed by atoms with Crippen molar-refractivity contribution in [3.63, 3.8) is 0 Å². The molecule has 0 aliphatic rings. The van der Waals surface area contributed by atoms with E-state index in [1.165, 1.54) is 7.11 Å². The number of carbonyl (C=O) groups is 1. The fourth-order valence-electron chi connectivity index (χ4n) is 3.54. The van der Waals surface area contributed by atoms with E-state index in [-0.39, 0.29) is 12.5 Å². The monoisotopic (exact) mass is 468 g/mol. The summed E-state index contributed by atoms with van der Waals surface area (Å²) in [5, 5.41) is 12.5. The van der Waals surface area contributed by atoms with Gasteiger partial charge in [-0.3, -0.25) is 4.79 Å². The third-order valence-corrected chi connectivity index (χ3v) is 5.25. The Kier molecular flexibility index (Phi) is 6.98. The summed E-state index contributed by atoms with van der Waals surface area (Å²) >= 11 is 0. The van der Waals surface area contributed by atoms with E-state index in [4.69, 9.17) is 14.2 Å². The van der Waals surface area contributed by atoms with Gasteiger partial charge in [-0.25, -0.2) is 4.98 Å². The lowest BCUT2D eigenvalue weighted by Crippen LogP contribution is -2.20. The number of imidazole rings is 1. The number of H-pyrrole nitrogens is 1. The van der Waals surface area contributed by atoms with Crippen LogP contribution in [0.4, 0.5) is 5.69 Å². The van der Waals surface area contributed by atoms with Gasteiger partial charge in [-0.2, -0.15) is 5.26 Å². The van der Waals surface area contributed by atoms with Crippen LogP contribution >= 0.6 is 0 Å². The summed E-state index contributed by atoms with van der Waals surface area (Å²) < 4.78 is 16.4. The van der Waals surface area contributed by atoms with E-state index < -0.39 is 0 Å². The zero-order chi connectivity index (χ0) is 24.8. The molecule has 3 aromatic carbocycles. The minimum atomic E-state index is -0.337. The average Bonchev–Trinajstić information content (AvgIpc) is 3.30. The van der Waals surface area contributed by atoms with Gasteiger partial charge in [0.2, 0.25) is 0 Å². The maximum absolute atomic E-state index is 12.5. The Balaban J connectivity index is 1.48. The Hall–Kier alpha value is -4.77. The number of hydrogen-bond donors (Lipinski definition) is 2. The van der Waals surface area contributed by atoms with Gasteiger partial charge in [-0.05, 0) is 60.5 Å². The number of allylic oxidation sites excluding steroid dienone is 1. The van der Waals surface area contributed by atoms with Crippen LogP contribution in [0.2, 0.25) is 0 Å². The number of fused-ring (bicyclic) bond motifs is 1. The number of hydrogen-bond acceptors (Lipinski definition) is 6. The minimum Gasteiger partial charge on any atom is -0.495 e. The third kappa shape index (κ3) is 5.42. The molecule has 4 aromatic rings. The molecule has 1 heterocycles. The fourth-order valence-corrected chi connectivity index (χ4v) is 3.54. The first-order valence-corrected chi connectivity index (χ1v) is 10.8. The van der Waals surface area contributed by atoms with Crippen LogP contribution in [0, 0.1) is 18.3 Å². The van der Waals surface area contributed by atoms with Gasteiger partial charge in [-0.15, -0.1) is 0 Å². The Labute approximate surface area is 202 Å². The largest absolute Gasteiger partial charge is 0.495 e. The van der Waals surface area contributed by atoms with Crippen LogP contribution in [0.3, 0.4) is 0 Å². The second-order valence-electron chi connectivity index (χ2n) is 7.72. The second kappa shape index (κ2) is 10.4. The van der Waals surface area contributed by atoms with Crippen LogP contribution in [0.5, 0.6) is 17.2 Å². The SMILES string of the molecule is COc1ccc(C)cc1NC(=O)COc1ccc(C=C(C#N)c2nc3ccccc3[nH]2)cc1OC. The summed E-state index contributed by atoms with van der Waals surface area (Å²) in [5.41, 5.74) is 4.30. The smallest absolute Gasteiger partial charge is 0.262 e. The Morgan fingerprint density at radius 2 is 1.83 bits per heavy atom. The van der Waals surface area contributed by atoms with E-state index in [1.807, 2.05) is 43.3 Å². The van der Waals surface area contributed by atoms with Crippen molar-refractivity contribution in [2.45, 2.75) is 6.92 Å². The highest BCUT2D eigenvalue weighted by Gasteiger charge is 2.13. The number of aryl methyl sites for hydroxylation is 1. The van der Waals surface area contributed by atoms with Crippen molar-refractivity contribution < 1.29 is 19.0 Å². The molecule has 0 radical (unpaired) electrons. The van der Waals surface area contributed by atoms with Gasteiger partial charge in [0.25, 0.3) is 5.91 Å². The van der Waals surface area contributed by atoms with Crippen molar-refractivity contribution in [3.8, 4) is 23.3 Å². The normalized spacial score (nSPS) is 11.1. The summed E-state index contributed by atoms with van der Waals surface area (Å²) in [6.45, 7) is 1.71. The molecule has 2 N–H and O–H groups in total. The first-order chi connectivity index (χ1) is 17.0. The van der Waals surface area contributed by atoms with Gasteiger partial charge in [0.15, 0.2) is 18.1 Å². The van der Waals surface area contributed by atoms with Crippen molar-refractivity contribution in [2.24, 2.45) is 0 Å². The molecule has 8 heteroatoms. The standard InChI is InChI=1S/C27H24N4O4/c1-17-8-10-23(33-2)22(12-17)29-26(32)16-35-24-11-9-18(14-25(24)34-3)13-19(15-28)27-30-20-6-4-5-7-21(20)31-27/h4-14H,16H2,1-3H3,(H,29,32)(H,30,31). The molecule has 0 fully saturated rings. The zero-order valence-electron chi connectivity index (χ0n) is 19.6. The molecule has 35 heavy (non-hydrogen) atoms. The zero-order valence-corrected chi connectivity index (χ0v) is 19.6. The van der Waals surface area contributed by atoms with E-state index in [1.54, 1.807) is 37.5 Å². The van der Waals surface area contributed by atoms with Gasteiger partial charge in [-0.1, -0.05) is 24.3 Å². The predicted molar refractivity (Wildman–Crippen MR) is 134 cm³/mol. The molecule has 0 aliphatic carbocycles. The van der Waals surface area contributed by atoms with E-state index in [0.717, 1.165) is 22.2 Å². The second-order valence-corrected chi connectivity index (χ2v) is 7.72. The number of benzene rings is 3. The number of aromatic amines is 1. The number of aromatic nitrogens is 2. The first kappa shape index (κ1) is 23.4. The highest BCUT2D eigenvalue weighted by Crippen LogP contribution is 2.30. The number of methoxy groups -OCH3 is 2. The van der Waals surface area contributed by atoms with Gasteiger partial charge < -0.3 is 24.5 Å². The quantitative estimate of drug-likeness (QED) is 0.353. The topological polar surface area (TPSA) is 109 Å². The van der Waals surface area contributed by atoms with E-state index in [2.05, 4.69) is 21.4 Å². The molecule has 176 valence electrons. The van der Waals surface area contributed by atoms with Crippen LogP contribution < -0.4 is 19.5 Å². The number of rotatable bonds is 8. The molecule has 0 saturated heterocycles. The molecule has 0 atom stereocenters. The molecule has 0 saturated carbocycles. The lowest BCUT2D eigenvalue weighted by atomic mass is 10.1. The van der Waals surface area contributed by atoms with Crippen LogP contribution in [0.15, 0.2) is 60.7 Å². The molecule has 0 aliphatic heterocycles. The number of amides is 1. The van der Waals surface area contributed by atoms with Gasteiger partial charge in [0.1, 0.15) is 17.6 Å². The summed E-state index contributed by atoms with van der Waals surface area (Å²) in [6, 6.07) is 20.5. The molecule has 0 bridgehead atoms. The van der Waals surface area contributed by atoms with Crippen molar-refractivity contribution in [1.29, 1.82) is 5.26 Å². The maximum Gasteiger partial charge on any atom is 0.262 e. The first-order valence-electron chi connectivity index (χ1n) is 10.8. The summed E-state index contributed by atoms with van der Waals surface area (Å²) in [4.78, 5) is 20.1. The number of nitrogens with zero attached hydrogens (tertiary/aromatic N) is 2. The van der Waals surface area contributed by atoms with Crippen LogP contribution in [0.1, 0.15) is 17.0 Å². The van der Waals surface area contributed by atoms with Gasteiger partial charge in [0, 0.05) is 0 Å². The average molecular weight is 469 g/mol. The van der Waals surface area contributed by atoms with Crippen LogP contribution in [-0.4, -0.2) is 36.7 Å². The van der Waals surface area contributed by atoms with Gasteiger partial charge >= 0.3 is 0 Å². The highest BCUT2D eigenvalue weighted by molar-refractivity contribution is 5.93. The minimum absolute atomic E-state index is 0.217. The Bertz CT molecular complexity index is 1420. The van der Waals surface area contributed by atoms with Crippen molar-refractivity contribution in [2.75, 3.05) is 26.1 Å². The number of ether oxygens (including phenoxy) is 3. The van der Waals surface area contributed by atoms with Crippen LogP contribution in [-0.2, 0) is 4.79 Å². The molecule has 8 nitrogen and oxygen atoms in total. The number of anilines is 1. The number of nitriles is 1. The number of carbonyl (C=O) groups excluding carboxylic acids is 1. The van der Waals surface area contributed by atoms with Crippen molar-refractivity contribution >= 4 is 34.3 Å². The Morgan fingerprint density at radius 3 is 2.57 bits per heavy atom. The van der Waals surface area contributed by atoms with E-state index >= 15 is 0 Å². The molecular formula is C27H24N4O4. The maximum atomic E-state index is 12.5. The lowest BCUT2D eigenvalue weighted by Gasteiger charge is -2.13.